The van der Waals surface area contributed by atoms with Crippen molar-refractivity contribution in [2.75, 3.05) is 11.1 Å². The minimum absolute atomic E-state index is 0.130. The maximum Gasteiger partial charge on any atom is 0.234 e. The SMILES string of the molecule is Cc1cc(C)c(NC(=O)CSc2ccccc2F)c(Cl)c1. The summed E-state index contributed by atoms with van der Waals surface area (Å²) in [7, 11) is 0. The predicted octanol–water partition coefficient (Wildman–Crippen LogP) is 4.83. The summed E-state index contributed by atoms with van der Waals surface area (Å²) in [6, 6.07) is 10.1. The van der Waals surface area contributed by atoms with E-state index in [1.165, 1.54) is 6.07 Å². The number of halogens is 2. The summed E-state index contributed by atoms with van der Waals surface area (Å²) in [6.07, 6.45) is 0. The number of amides is 1. The lowest BCUT2D eigenvalue weighted by atomic mass is 10.1. The van der Waals surface area contributed by atoms with Crippen molar-refractivity contribution in [3.05, 3.63) is 58.4 Å². The number of nitrogens with one attached hydrogen (secondary N) is 1. The topological polar surface area (TPSA) is 29.1 Å². The molecule has 0 heterocycles. The molecule has 5 heteroatoms. The fraction of sp³-hybridized carbons (Fsp3) is 0.188. The predicted molar refractivity (Wildman–Crippen MR) is 86.7 cm³/mol. The summed E-state index contributed by atoms with van der Waals surface area (Å²) >= 11 is 7.30. The van der Waals surface area contributed by atoms with Gasteiger partial charge in [-0.1, -0.05) is 29.8 Å². The number of benzene rings is 2. The van der Waals surface area contributed by atoms with Crippen LogP contribution < -0.4 is 5.32 Å². The smallest absolute Gasteiger partial charge is 0.234 e. The zero-order chi connectivity index (χ0) is 15.4. The van der Waals surface area contributed by atoms with Gasteiger partial charge in [0, 0.05) is 4.90 Å². The average molecular weight is 324 g/mol. The van der Waals surface area contributed by atoms with Gasteiger partial charge in [0.2, 0.25) is 5.91 Å². The van der Waals surface area contributed by atoms with Gasteiger partial charge in [-0.05, 0) is 43.2 Å². The number of thioether (sulfide) groups is 1. The molecule has 1 amide bonds. The summed E-state index contributed by atoms with van der Waals surface area (Å²) in [6.45, 7) is 3.83. The van der Waals surface area contributed by atoms with E-state index < -0.39 is 0 Å². The first kappa shape index (κ1) is 15.9. The van der Waals surface area contributed by atoms with Crippen LogP contribution in [0, 0.1) is 19.7 Å². The second-order valence-electron chi connectivity index (χ2n) is 4.71. The Bertz CT molecular complexity index is 652. The van der Waals surface area contributed by atoms with E-state index in [0.29, 0.717) is 15.6 Å². The van der Waals surface area contributed by atoms with E-state index in [0.717, 1.165) is 22.9 Å². The fourth-order valence-corrected chi connectivity index (χ4v) is 3.06. The van der Waals surface area contributed by atoms with Gasteiger partial charge in [-0.2, -0.15) is 0 Å². The van der Waals surface area contributed by atoms with E-state index in [-0.39, 0.29) is 17.5 Å². The maximum atomic E-state index is 13.5. The molecule has 0 fully saturated rings. The lowest BCUT2D eigenvalue weighted by molar-refractivity contribution is -0.113. The Labute approximate surface area is 132 Å². The van der Waals surface area contributed by atoms with Crippen molar-refractivity contribution >= 4 is 35.0 Å². The van der Waals surface area contributed by atoms with E-state index in [1.54, 1.807) is 24.3 Å². The third kappa shape index (κ3) is 4.22. The monoisotopic (exact) mass is 323 g/mol. The molecule has 0 saturated carbocycles. The largest absolute Gasteiger partial charge is 0.324 e. The molecule has 21 heavy (non-hydrogen) atoms. The number of hydrogen-bond acceptors (Lipinski definition) is 2. The summed E-state index contributed by atoms with van der Waals surface area (Å²) < 4.78 is 13.5. The normalized spacial score (nSPS) is 10.5. The molecule has 0 aliphatic rings. The lowest BCUT2D eigenvalue weighted by Gasteiger charge is -2.11. The fourth-order valence-electron chi connectivity index (χ4n) is 1.95. The van der Waals surface area contributed by atoms with Gasteiger partial charge in [0.1, 0.15) is 5.82 Å². The first-order valence-electron chi connectivity index (χ1n) is 6.41. The van der Waals surface area contributed by atoms with Crippen LogP contribution in [-0.4, -0.2) is 11.7 Å². The number of aryl methyl sites for hydroxylation is 2. The molecule has 0 spiro atoms. The standard InChI is InChI=1S/C16H15ClFNOS/c1-10-7-11(2)16(12(17)8-10)19-15(20)9-21-14-6-4-3-5-13(14)18/h3-8H,9H2,1-2H3,(H,19,20). The van der Waals surface area contributed by atoms with Crippen LogP contribution in [0.1, 0.15) is 11.1 Å². The van der Waals surface area contributed by atoms with Crippen molar-refractivity contribution in [3.8, 4) is 0 Å². The molecule has 2 rings (SSSR count). The van der Waals surface area contributed by atoms with Crippen LogP contribution in [0.5, 0.6) is 0 Å². The molecule has 1 N–H and O–H groups in total. The highest BCUT2D eigenvalue weighted by Crippen LogP contribution is 2.28. The second kappa shape index (κ2) is 6.96. The first-order valence-corrected chi connectivity index (χ1v) is 7.77. The molecule has 2 aromatic carbocycles. The number of carbonyl (C=O) groups excluding carboxylic acids is 1. The quantitative estimate of drug-likeness (QED) is 0.817. The average Bonchev–Trinajstić information content (AvgIpc) is 2.42. The number of rotatable bonds is 4. The van der Waals surface area contributed by atoms with E-state index in [2.05, 4.69) is 5.32 Å². The van der Waals surface area contributed by atoms with Crippen LogP contribution in [0.4, 0.5) is 10.1 Å². The molecule has 0 aliphatic heterocycles. The van der Waals surface area contributed by atoms with E-state index in [4.69, 9.17) is 11.6 Å². The van der Waals surface area contributed by atoms with Crippen molar-refractivity contribution in [3.63, 3.8) is 0 Å². The minimum Gasteiger partial charge on any atom is -0.324 e. The third-order valence-electron chi connectivity index (χ3n) is 2.89. The summed E-state index contributed by atoms with van der Waals surface area (Å²) in [5.41, 5.74) is 2.56. The number of carbonyl (C=O) groups is 1. The molecular weight excluding hydrogens is 309 g/mol. The van der Waals surface area contributed by atoms with Gasteiger partial charge in [0.05, 0.1) is 16.5 Å². The summed E-state index contributed by atoms with van der Waals surface area (Å²) in [5.74, 6) is -0.401. The Morgan fingerprint density at radius 1 is 1.29 bits per heavy atom. The van der Waals surface area contributed by atoms with Crippen LogP contribution in [0.3, 0.4) is 0 Å². The molecule has 0 saturated heterocycles. The van der Waals surface area contributed by atoms with Crippen molar-refractivity contribution in [2.45, 2.75) is 18.7 Å². The van der Waals surface area contributed by atoms with E-state index >= 15 is 0 Å². The maximum absolute atomic E-state index is 13.5. The van der Waals surface area contributed by atoms with Crippen LogP contribution in [0.25, 0.3) is 0 Å². The van der Waals surface area contributed by atoms with Gasteiger partial charge >= 0.3 is 0 Å². The van der Waals surface area contributed by atoms with Gasteiger partial charge in [0.15, 0.2) is 0 Å². The zero-order valence-corrected chi connectivity index (χ0v) is 13.3. The highest BCUT2D eigenvalue weighted by molar-refractivity contribution is 8.00. The second-order valence-corrected chi connectivity index (χ2v) is 6.13. The van der Waals surface area contributed by atoms with Crippen molar-refractivity contribution < 1.29 is 9.18 Å². The minimum atomic E-state index is -0.320. The van der Waals surface area contributed by atoms with Crippen LogP contribution >= 0.6 is 23.4 Å². The van der Waals surface area contributed by atoms with E-state index in [9.17, 15) is 9.18 Å². The number of hydrogen-bond donors (Lipinski definition) is 1. The van der Waals surface area contributed by atoms with Gasteiger partial charge < -0.3 is 5.32 Å². The van der Waals surface area contributed by atoms with Crippen molar-refractivity contribution in [2.24, 2.45) is 0 Å². The highest BCUT2D eigenvalue weighted by atomic mass is 35.5. The van der Waals surface area contributed by atoms with Gasteiger partial charge in [-0.3, -0.25) is 4.79 Å². The molecule has 0 radical (unpaired) electrons. The Balaban J connectivity index is 2.01. The zero-order valence-electron chi connectivity index (χ0n) is 11.7. The summed E-state index contributed by atoms with van der Waals surface area (Å²) in [5, 5.41) is 3.29. The van der Waals surface area contributed by atoms with Crippen LogP contribution in [0.15, 0.2) is 41.3 Å². The lowest BCUT2D eigenvalue weighted by Crippen LogP contribution is -2.15. The molecular formula is C16H15ClFNOS. The molecule has 0 unspecified atom stereocenters. The Morgan fingerprint density at radius 3 is 2.67 bits per heavy atom. The van der Waals surface area contributed by atoms with Crippen molar-refractivity contribution in [1.82, 2.24) is 0 Å². The van der Waals surface area contributed by atoms with Gasteiger partial charge in [0.25, 0.3) is 0 Å². The Hall–Kier alpha value is -1.52. The molecule has 0 bridgehead atoms. The van der Waals surface area contributed by atoms with Gasteiger partial charge in [-0.25, -0.2) is 4.39 Å². The highest BCUT2D eigenvalue weighted by Gasteiger charge is 2.11. The van der Waals surface area contributed by atoms with Gasteiger partial charge in [-0.15, -0.1) is 11.8 Å². The Kier molecular flexibility index (Phi) is 5.26. The Morgan fingerprint density at radius 2 is 2.00 bits per heavy atom. The molecule has 0 aromatic heterocycles. The van der Waals surface area contributed by atoms with Crippen LogP contribution in [-0.2, 0) is 4.79 Å². The molecule has 110 valence electrons. The third-order valence-corrected chi connectivity index (χ3v) is 4.24. The van der Waals surface area contributed by atoms with E-state index in [1.807, 2.05) is 19.9 Å². The van der Waals surface area contributed by atoms with Crippen molar-refractivity contribution in [1.29, 1.82) is 0 Å². The molecule has 2 nitrogen and oxygen atoms in total. The molecule has 2 aromatic rings. The number of anilines is 1. The molecule has 0 aliphatic carbocycles. The molecule has 0 atom stereocenters. The van der Waals surface area contributed by atoms with Crippen LogP contribution in [0.2, 0.25) is 5.02 Å². The first-order chi connectivity index (χ1) is 9.97. The summed E-state index contributed by atoms with van der Waals surface area (Å²) in [4.78, 5) is 12.4.